The van der Waals surface area contributed by atoms with Crippen molar-refractivity contribution >= 4 is 40.9 Å². The summed E-state index contributed by atoms with van der Waals surface area (Å²) < 4.78 is 20.1. The minimum absolute atomic E-state index is 0.0287. The predicted octanol–water partition coefficient (Wildman–Crippen LogP) is 6.69. The molecular weight excluding hydrogens is 444 g/mol. The number of carbonyl (C=O) groups is 1. The zero-order valence-electron chi connectivity index (χ0n) is 17.3. The zero-order valence-corrected chi connectivity index (χ0v) is 19.6. The quantitative estimate of drug-likeness (QED) is 0.451. The molecule has 1 aliphatic heterocycles. The Hall–Kier alpha value is -1.27. The van der Waals surface area contributed by atoms with Gasteiger partial charge in [0.1, 0.15) is 18.5 Å². The van der Waals surface area contributed by atoms with Crippen LogP contribution in [0.25, 0.3) is 0 Å². The number of carbonyl (C=O) groups excluding carboxylic acids is 1. The van der Waals surface area contributed by atoms with Crippen LogP contribution in [0.2, 0.25) is 10.0 Å². The number of hydrogen-bond donors (Lipinski definition) is 0. The lowest BCUT2D eigenvalue weighted by Gasteiger charge is -2.45. The van der Waals surface area contributed by atoms with E-state index in [4.69, 9.17) is 27.9 Å². The van der Waals surface area contributed by atoms with Crippen LogP contribution in [0.1, 0.15) is 50.5 Å². The van der Waals surface area contributed by atoms with Gasteiger partial charge in [0.15, 0.2) is 0 Å². The van der Waals surface area contributed by atoms with E-state index in [2.05, 4.69) is 20.8 Å². The molecule has 7 heteroatoms. The van der Waals surface area contributed by atoms with Crippen molar-refractivity contribution < 1.29 is 13.9 Å². The van der Waals surface area contributed by atoms with Crippen molar-refractivity contribution in [2.75, 3.05) is 12.4 Å². The zero-order chi connectivity index (χ0) is 21.8. The third kappa shape index (κ3) is 5.50. The average molecular weight is 470 g/mol. The lowest BCUT2D eigenvalue weighted by molar-refractivity contribution is -0.162. The summed E-state index contributed by atoms with van der Waals surface area (Å²) in [5.74, 6) is 0.326. The van der Waals surface area contributed by atoms with Gasteiger partial charge in [0, 0.05) is 21.8 Å². The summed E-state index contributed by atoms with van der Waals surface area (Å²) in [5.41, 5.74) is 1.51. The van der Waals surface area contributed by atoms with Crippen LogP contribution in [-0.4, -0.2) is 34.5 Å². The van der Waals surface area contributed by atoms with E-state index in [-0.39, 0.29) is 18.6 Å². The Morgan fingerprint density at radius 1 is 1.13 bits per heavy atom. The SMILES string of the molecule is CCC(CSC(C)C)N1C(=O)COC(c2cc(F)cc(Cl)c2)C1c1ccc(Cl)cc1. The molecule has 1 heterocycles. The van der Waals surface area contributed by atoms with Crippen molar-refractivity contribution in [2.45, 2.75) is 50.6 Å². The van der Waals surface area contributed by atoms with Gasteiger partial charge in [-0.3, -0.25) is 4.79 Å². The van der Waals surface area contributed by atoms with Crippen molar-refractivity contribution in [3.8, 4) is 0 Å². The minimum atomic E-state index is -0.532. The van der Waals surface area contributed by atoms with Gasteiger partial charge in [-0.25, -0.2) is 4.39 Å². The summed E-state index contributed by atoms with van der Waals surface area (Å²) >= 11 is 14.1. The highest BCUT2D eigenvalue weighted by Gasteiger charge is 2.41. The lowest BCUT2D eigenvalue weighted by Crippen LogP contribution is -2.51. The lowest BCUT2D eigenvalue weighted by atomic mass is 9.91. The van der Waals surface area contributed by atoms with E-state index in [1.54, 1.807) is 18.2 Å². The molecule has 162 valence electrons. The molecule has 3 unspecified atom stereocenters. The fraction of sp³-hybridized carbons (Fsp3) is 0.435. The first-order valence-corrected chi connectivity index (χ1v) is 11.9. The standard InChI is InChI=1S/C23H26Cl2FNO2S/c1-4-20(13-30-14(2)3)27-21(28)12-29-23(16-9-18(25)11-19(26)10-16)22(27)15-5-7-17(24)8-6-15/h5-11,14,20,22-23H,4,12-13H2,1-3H3. The Morgan fingerprint density at radius 3 is 2.43 bits per heavy atom. The first-order valence-electron chi connectivity index (χ1n) is 10.1. The van der Waals surface area contributed by atoms with Crippen molar-refractivity contribution in [3.63, 3.8) is 0 Å². The van der Waals surface area contributed by atoms with Crippen molar-refractivity contribution in [3.05, 3.63) is 69.5 Å². The Bertz CT molecular complexity index is 858. The highest BCUT2D eigenvalue weighted by molar-refractivity contribution is 7.99. The van der Waals surface area contributed by atoms with Crippen LogP contribution in [0.3, 0.4) is 0 Å². The normalized spacial score (nSPS) is 20.6. The highest BCUT2D eigenvalue weighted by atomic mass is 35.5. The molecule has 0 bridgehead atoms. The second-order valence-corrected chi connectivity index (χ2v) is 10.2. The molecule has 1 amide bonds. The molecule has 3 rings (SSSR count). The number of halogens is 3. The molecule has 2 aromatic carbocycles. The third-order valence-corrected chi connectivity index (χ3v) is 6.89. The van der Waals surface area contributed by atoms with E-state index in [9.17, 15) is 9.18 Å². The third-order valence-electron chi connectivity index (χ3n) is 5.17. The number of hydrogen-bond acceptors (Lipinski definition) is 3. The molecule has 30 heavy (non-hydrogen) atoms. The van der Waals surface area contributed by atoms with E-state index in [1.807, 2.05) is 28.8 Å². The van der Waals surface area contributed by atoms with Crippen LogP contribution in [0.5, 0.6) is 0 Å². The molecule has 1 aliphatic rings. The Labute approximate surface area is 191 Å². The van der Waals surface area contributed by atoms with E-state index < -0.39 is 18.0 Å². The van der Waals surface area contributed by atoms with Gasteiger partial charge in [-0.15, -0.1) is 0 Å². The number of benzene rings is 2. The van der Waals surface area contributed by atoms with Crippen LogP contribution in [0.15, 0.2) is 42.5 Å². The van der Waals surface area contributed by atoms with Gasteiger partial charge in [0.05, 0.1) is 6.04 Å². The van der Waals surface area contributed by atoms with Gasteiger partial charge in [-0.2, -0.15) is 11.8 Å². The topological polar surface area (TPSA) is 29.5 Å². The smallest absolute Gasteiger partial charge is 0.249 e. The molecule has 1 saturated heterocycles. The van der Waals surface area contributed by atoms with E-state index in [1.165, 1.54) is 12.1 Å². The average Bonchev–Trinajstić information content (AvgIpc) is 2.69. The van der Waals surface area contributed by atoms with Gasteiger partial charge in [-0.1, -0.05) is 56.1 Å². The van der Waals surface area contributed by atoms with Crippen molar-refractivity contribution in [1.82, 2.24) is 4.90 Å². The molecule has 0 saturated carbocycles. The molecule has 0 spiro atoms. The maximum Gasteiger partial charge on any atom is 0.249 e. The predicted molar refractivity (Wildman–Crippen MR) is 123 cm³/mol. The van der Waals surface area contributed by atoms with Gasteiger partial charge < -0.3 is 9.64 Å². The number of amides is 1. The Morgan fingerprint density at radius 2 is 1.83 bits per heavy atom. The maximum absolute atomic E-state index is 14.1. The van der Waals surface area contributed by atoms with Crippen LogP contribution in [0.4, 0.5) is 4.39 Å². The molecule has 0 N–H and O–H groups in total. The monoisotopic (exact) mass is 469 g/mol. The molecule has 3 atom stereocenters. The number of morpholine rings is 1. The van der Waals surface area contributed by atoms with E-state index >= 15 is 0 Å². The highest BCUT2D eigenvalue weighted by Crippen LogP contribution is 2.43. The van der Waals surface area contributed by atoms with Crippen molar-refractivity contribution in [2.24, 2.45) is 0 Å². The van der Waals surface area contributed by atoms with Crippen LogP contribution in [-0.2, 0) is 9.53 Å². The van der Waals surface area contributed by atoms with Gasteiger partial charge in [0.25, 0.3) is 0 Å². The summed E-state index contributed by atoms with van der Waals surface area (Å²) in [6.07, 6.45) is 0.279. The molecule has 3 nitrogen and oxygen atoms in total. The van der Waals surface area contributed by atoms with Crippen LogP contribution < -0.4 is 0 Å². The van der Waals surface area contributed by atoms with Crippen LogP contribution in [0, 0.1) is 5.82 Å². The fourth-order valence-electron chi connectivity index (χ4n) is 3.77. The molecule has 0 aromatic heterocycles. The van der Waals surface area contributed by atoms with Gasteiger partial charge in [0.2, 0.25) is 5.91 Å². The Kier molecular flexibility index (Phi) is 8.08. The molecule has 2 aromatic rings. The number of nitrogens with zero attached hydrogens (tertiary/aromatic N) is 1. The number of rotatable bonds is 7. The second kappa shape index (κ2) is 10.4. The Balaban J connectivity index is 2.07. The van der Waals surface area contributed by atoms with Crippen LogP contribution >= 0.6 is 35.0 Å². The summed E-state index contributed by atoms with van der Waals surface area (Å²) in [6, 6.07) is 11.4. The van der Waals surface area contributed by atoms with E-state index in [0.717, 1.165) is 17.7 Å². The fourth-order valence-corrected chi connectivity index (χ4v) is 5.13. The largest absolute Gasteiger partial charge is 0.361 e. The summed E-state index contributed by atoms with van der Waals surface area (Å²) in [5, 5.41) is 1.37. The number of thioether (sulfide) groups is 1. The number of ether oxygens (including phenoxy) is 1. The van der Waals surface area contributed by atoms with Gasteiger partial charge >= 0.3 is 0 Å². The van der Waals surface area contributed by atoms with Gasteiger partial charge in [-0.05, 0) is 53.1 Å². The molecule has 0 aliphatic carbocycles. The molecule has 1 fully saturated rings. The van der Waals surface area contributed by atoms with E-state index in [0.29, 0.717) is 20.9 Å². The minimum Gasteiger partial charge on any atom is -0.361 e. The summed E-state index contributed by atoms with van der Waals surface area (Å²) in [6.45, 7) is 6.33. The first-order chi connectivity index (χ1) is 14.3. The summed E-state index contributed by atoms with van der Waals surface area (Å²) in [4.78, 5) is 15.0. The molecular formula is C23H26Cl2FNO2S. The maximum atomic E-state index is 14.1. The van der Waals surface area contributed by atoms with Crippen molar-refractivity contribution in [1.29, 1.82) is 0 Å². The molecule has 0 radical (unpaired) electrons. The summed E-state index contributed by atoms with van der Waals surface area (Å²) in [7, 11) is 0. The second-order valence-electron chi connectivity index (χ2n) is 7.68. The first kappa shape index (κ1) is 23.4.